The van der Waals surface area contributed by atoms with Crippen molar-refractivity contribution in [1.29, 1.82) is 0 Å². The highest BCUT2D eigenvalue weighted by molar-refractivity contribution is 5.52. The van der Waals surface area contributed by atoms with Crippen LogP contribution in [0.1, 0.15) is 11.3 Å². The van der Waals surface area contributed by atoms with Gasteiger partial charge in [0.25, 0.3) is 0 Å². The number of nitrogens with two attached hydrogens (primary N) is 1. The number of aromatic nitrogens is 1. The van der Waals surface area contributed by atoms with E-state index in [-0.39, 0.29) is 0 Å². The monoisotopic (exact) mass is 282 g/mol. The van der Waals surface area contributed by atoms with Crippen LogP contribution in [0, 0.1) is 6.92 Å². The smallest absolute Gasteiger partial charge is 0.133 e. The number of anilines is 2. The summed E-state index contributed by atoms with van der Waals surface area (Å²) in [6.45, 7) is 6.58. The molecule has 0 unspecified atom stereocenters. The Morgan fingerprint density at radius 3 is 2.29 bits per heavy atom. The minimum atomic E-state index is 0.543. The fraction of sp³-hybridized carbons (Fsp3) is 0.353. The number of hydrogen-bond donors (Lipinski definition) is 1. The second-order valence-electron chi connectivity index (χ2n) is 5.45. The Balaban J connectivity index is 1.73. The van der Waals surface area contributed by atoms with Crippen LogP contribution in [0.4, 0.5) is 11.5 Å². The van der Waals surface area contributed by atoms with Crippen LogP contribution < -0.4 is 15.5 Å². The second-order valence-corrected chi connectivity index (χ2v) is 5.45. The third-order valence-corrected chi connectivity index (χ3v) is 4.02. The molecule has 2 heterocycles. The zero-order chi connectivity index (χ0) is 14.7. The molecule has 0 atom stereocenters. The molecule has 110 valence electrons. The van der Waals surface area contributed by atoms with Crippen molar-refractivity contribution >= 4 is 11.5 Å². The topological polar surface area (TPSA) is 45.4 Å². The lowest BCUT2D eigenvalue weighted by Gasteiger charge is -2.37. The predicted molar refractivity (Wildman–Crippen MR) is 87.7 cm³/mol. The van der Waals surface area contributed by atoms with E-state index in [1.165, 1.54) is 5.69 Å². The highest BCUT2D eigenvalue weighted by atomic mass is 15.3. The molecular weight excluding hydrogens is 260 g/mol. The molecule has 2 aromatic rings. The molecule has 1 fully saturated rings. The van der Waals surface area contributed by atoms with E-state index in [1.54, 1.807) is 0 Å². The van der Waals surface area contributed by atoms with Gasteiger partial charge in [-0.15, -0.1) is 0 Å². The van der Waals surface area contributed by atoms with E-state index in [1.807, 2.05) is 13.0 Å². The summed E-state index contributed by atoms with van der Waals surface area (Å²) in [4.78, 5) is 9.47. The molecule has 0 aliphatic carbocycles. The second kappa shape index (κ2) is 6.14. The average molecular weight is 282 g/mol. The molecule has 21 heavy (non-hydrogen) atoms. The summed E-state index contributed by atoms with van der Waals surface area (Å²) < 4.78 is 0. The van der Waals surface area contributed by atoms with Gasteiger partial charge in [-0.05, 0) is 25.1 Å². The first-order chi connectivity index (χ1) is 10.3. The molecule has 1 aromatic heterocycles. The number of nitrogens with zero attached hydrogens (tertiary/aromatic N) is 3. The van der Waals surface area contributed by atoms with E-state index in [9.17, 15) is 0 Å². The Morgan fingerprint density at radius 1 is 0.952 bits per heavy atom. The first kappa shape index (κ1) is 13.9. The zero-order valence-electron chi connectivity index (χ0n) is 12.5. The molecule has 0 amide bonds. The summed E-state index contributed by atoms with van der Waals surface area (Å²) in [6.07, 6.45) is 0. The molecule has 0 radical (unpaired) electrons. The number of rotatable bonds is 3. The van der Waals surface area contributed by atoms with Gasteiger partial charge in [-0.1, -0.05) is 24.3 Å². The summed E-state index contributed by atoms with van der Waals surface area (Å²) in [5.41, 5.74) is 9.33. The van der Waals surface area contributed by atoms with Crippen molar-refractivity contribution < 1.29 is 0 Å². The number of aryl methyl sites for hydroxylation is 1. The SMILES string of the molecule is Cc1ccc(CN)c(N2CCN(c3ccccc3)CC2)n1. The van der Waals surface area contributed by atoms with Crippen molar-refractivity contribution in [1.82, 2.24) is 4.98 Å². The Bertz CT molecular complexity index is 589. The lowest BCUT2D eigenvalue weighted by molar-refractivity contribution is 0.644. The zero-order valence-corrected chi connectivity index (χ0v) is 12.5. The quantitative estimate of drug-likeness (QED) is 0.937. The number of piperazine rings is 1. The van der Waals surface area contributed by atoms with Crippen LogP contribution in [0.25, 0.3) is 0 Å². The number of benzene rings is 1. The third kappa shape index (κ3) is 3.00. The average Bonchev–Trinajstić information content (AvgIpc) is 2.56. The molecule has 2 N–H and O–H groups in total. The van der Waals surface area contributed by atoms with Crippen LogP contribution in [0.2, 0.25) is 0 Å². The molecule has 3 rings (SSSR count). The van der Waals surface area contributed by atoms with Gasteiger partial charge in [0, 0.05) is 49.7 Å². The Hall–Kier alpha value is -2.07. The van der Waals surface area contributed by atoms with Crippen LogP contribution in [0.5, 0.6) is 0 Å². The van der Waals surface area contributed by atoms with E-state index in [4.69, 9.17) is 10.7 Å². The van der Waals surface area contributed by atoms with Gasteiger partial charge in [0.1, 0.15) is 5.82 Å². The van der Waals surface area contributed by atoms with Crippen LogP contribution in [-0.4, -0.2) is 31.2 Å². The summed E-state index contributed by atoms with van der Waals surface area (Å²) in [5, 5.41) is 0. The first-order valence-electron chi connectivity index (χ1n) is 7.49. The van der Waals surface area contributed by atoms with Gasteiger partial charge in [-0.2, -0.15) is 0 Å². The summed E-state index contributed by atoms with van der Waals surface area (Å²) in [5.74, 6) is 1.06. The van der Waals surface area contributed by atoms with Gasteiger partial charge in [-0.3, -0.25) is 0 Å². The van der Waals surface area contributed by atoms with Crippen LogP contribution in [0.15, 0.2) is 42.5 Å². The van der Waals surface area contributed by atoms with Crippen molar-refractivity contribution in [3.05, 3.63) is 53.7 Å². The Labute approximate surface area is 126 Å². The molecular formula is C17H22N4. The third-order valence-electron chi connectivity index (χ3n) is 4.02. The summed E-state index contributed by atoms with van der Waals surface area (Å²) in [6, 6.07) is 14.7. The molecule has 4 heteroatoms. The van der Waals surface area contributed by atoms with E-state index in [2.05, 4.69) is 46.2 Å². The molecule has 1 saturated heterocycles. The fourth-order valence-corrected chi connectivity index (χ4v) is 2.82. The maximum Gasteiger partial charge on any atom is 0.133 e. The van der Waals surface area contributed by atoms with Gasteiger partial charge in [0.2, 0.25) is 0 Å². The maximum atomic E-state index is 5.85. The Kier molecular flexibility index (Phi) is 4.06. The standard InChI is InChI=1S/C17H22N4/c1-14-7-8-15(13-18)17(19-14)21-11-9-20(10-12-21)16-5-3-2-4-6-16/h2-8H,9-13,18H2,1H3. The molecule has 4 nitrogen and oxygen atoms in total. The van der Waals surface area contributed by atoms with Crippen molar-refractivity contribution in [2.75, 3.05) is 36.0 Å². The van der Waals surface area contributed by atoms with Gasteiger partial charge in [0.05, 0.1) is 0 Å². The van der Waals surface area contributed by atoms with Crippen molar-refractivity contribution in [2.24, 2.45) is 5.73 Å². The molecule has 1 aliphatic rings. The Morgan fingerprint density at radius 2 is 1.62 bits per heavy atom. The van der Waals surface area contributed by atoms with Crippen molar-refractivity contribution in [3.8, 4) is 0 Å². The minimum absolute atomic E-state index is 0.543. The van der Waals surface area contributed by atoms with Gasteiger partial charge < -0.3 is 15.5 Å². The number of pyridine rings is 1. The largest absolute Gasteiger partial charge is 0.368 e. The lowest BCUT2D eigenvalue weighted by Crippen LogP contribution is -2.47. The van der Waals surface area contributed by atoms with E-state index >= 15 is 0 Å². The normalized spacial score (nSPS) is 15.3. The van der Waals surface area contributed by atoms with Crippen LogP contribution in [-0.2, 0) is 6.54 Å². The van der Waals surface area contributed by atoms with Crippen LogP contribution in [0.3, 0.4) is 0 Å². The van der Waals surface area contributed by atoms with E-state index in [0.717, 1.165) is 43.3 Å². The summed E-state index contributed by atoms with van der Waals surface area (Å²) >= 11 is 0. The molecule has 1 aromatic carbocycles. The van der Waals surface area contributed by atoms with E-state index in [0.29, 0.717) is 6.54 Å². The molecule has 0 spiro atoms. The van der Waals surface area contributed by atoms with E-state index < -0.39 is 0 Å². The highest BCUT2D eigenvalue weighted by Gasteiger charge is 2.20. The highest BCUT2D eigenvalue weighted by Crippen LogP contribution is 2.22. The van der Waals surface area contributed by atoms with Gasteiger partial charge in [-0.25, -0.2) is 4.98 Å². The molecule has 0 saturated carbocycles. The van der Waals surface area contributed by atoms with Crippen molar-refractivity contribution in [3.63, 3.8) is 0 Å². The lowest BCUT2D eigenvalue weighted by atomic mass is 10.2. The first-order valence-corrected chi connectivity index (χ1v) is 7.49. The van der Waals surface area contributed by atoms with Crippen LogP contribution >= 0.6 is 0 Å². The fourth-order valence-electron chi connectivity index (χ4n) is 2.82. The maximum absolute atomic E-state index is 5.85. The van der Waals surface area contributed by atoms with Gasteiger partial charge in [0.15, 0.2) is 0 Å². The van der Waals surface area contributed by atoms with Crippen molar-refractivity contribution in [2.45, 2.75) is 13.5 Å². The number of hydrogen-bond acceptors (Lipinski definition) is 4. The van der Waals surface area contributed by atoms with Gasteiger partial charge >= 0.3 is 0 Å². The minimum Gasteiger partial charge on any atom is -0.368 e. The molecule has 0 bridgehead atoms. The number of para-hydroxylation sites is 1. The predicted octanol–water partition coefficient (Wildman–Crippen LogP) is 2.18. The summed E-state index contributed by atoms with van der Waals surface area (Å²) in [7, 11) is 0. The molecule has 1 aliphatic heterocycles.